The highest BCUT2D eigenvalue weighted by atomic mass is 19.3. The van der Waals surface area contributed by atoms with Crippen LogP contribution in [0.4, 0.5) is 14.7 Å². The fourth-order valence-corrected chi connectivity index (χ4v) is 4.69. The minimum Gasteiger partial charge on any atom is -0.474 e. The largest absolute Gasteiger partial charge is 0.474 e. The summed E-state index contributed by atoms with van der Waals surface area (Å²) in [7, 11) is 0. The summed E-state index contributed by atoms with van der Waals surface area (Å²) in [5.74, 6) is 0.429. The summed E-state index contributed by atoms with van der Waals surface area (Å²) >= 11 is 0. The van der Waals surface area contributed by atoms with E-state index in [9.17, 15) is 13.6 Å². The van der Waals surface area contributed by atoms with Crippen molar-refractivity contribution in [3.8, 4) is 11.7 Å². The van der Waals surface area contributed by atoms with E-state index < -0.39 is 6.43 Å². The standard InChI is InChI=1S/C24H29F2N7O3/c25-22(26)23-29-17-3-1-2-4-18(17)33(23)19-13-21(31-24(30-19)32-9-11-35-12-10-32)36-16-7-5-15(6-8-16)28-20(34)14-27/h1-4,13,15-16,22H,5-12,14,27H2,(H,28,34). The third-order valence-corrected chi connectivity index (χ3v) is 6.49. The van der Waals surface area contributed by atoms with Crippen LogP contribution in [0.25, 0.3) is 16.9 Å². The Balaban J connectivity index is 1.46. The summed E-state index contributed by atoms with van der Waals surface area (Å²) in [5.41, 5.74) is 6.38. The first-order valence-corrected chi connectivity index (χ1v) is 12.2. The van der Waals surface area contributed by atoms with E-state index in [1.54, 1.807) is 30.3 Å². The van der Waals surface area contributed by atoms with E-state index in [1.807, 2.05) is 4.90 Å². The Morgan fingerprint density at radius 2 is 1.89 bits per heavy atom. The molecule has 12 heteroatoms. The number of morpholine rings is 1. The molecule has 2 aliphatic rings. The molecule has 3 N–H and O–H groups in total. The molecular weight excluding hydrogens is 472 g/mol. The Morgan fingerprint density at radius 3 is 2.61 bits per heavy atom. The van der Waals surface area contributed by atoms with Gasteiger partial charge in [-0.05, 0) is 37.8 Å². The summed E-state index contributed by atoms with van der Waals surface area (Å²) in [6.45, 7) is 2.19. The number of imidazole rings is 1. The number of nitrogens with one attached hydrogen (secondary N) is 1. The number of alkyl halides is 2. The highest BCUT2D eigenvalue weighted by Gasteiger charge is 2.26. The monoisotopic (exact) mass is 501 g/mol. The maximum atomic E-state index is 14.0. The average molecular weight is 502 g/mol. The quantitative estimate of drug-likeness (QED) is 0.506. The second-order valence-corrected chi connectivity index (χ2v) is 8.92. The molecule has 0 spiro atoms. The van der Waals surface area contributed by atoms with E-state index >= 15 is 0 Å². The Labute approximate surface area is 206 Å². The predicted octanol–water partition coefficient (Wildman–Crippen LogP) is 2.35. The number of hydrogen-bond donors (Lipinski definition) is 2. The number of amides is 1. The molecule has 0 radical (unpaired) electrons. The average Bonchev–Trinajstić information content (AvgIpc) is 3.30. The number of anilines is 1. The minimum absolute atomic E-state index is 0.0337. The van der Waals surface area contributed by atoms with Crippen molar-refractivity contribution in [2.24, 2.45) is 5.73 Å². The van der Waals surface area contributed by atoms with Gasteiger partial charge in [-0.15, -0.1) is 0 Å². The highest BCUT2D eigenvalue weighted by molar-refractivity contribution is 5.78. The molecule has 0 atom stereocenters. The zero-order valence-corrected chi connectivity index (χ0v) is 19.8. The predicted molar refractivity (Wildman–Crippen MR) is 129 cm³/mol. The van der Waals surface area contributed by atoms with Crippen LogP contribution in [0.5, 0.6) is 5.88 Å². The van der Waals surface area contributed by atoms with Crippen LogP contribution in [0.3, 0.4) is 0 Å². The molecule has 1 saturated heterocycles. The SMILES string of the molecule is NCC(=O)NC1CCC(Oc2cc(-n3c(C(F)F)nc4ccccc43)nc(N3CCOCC3)n2)CC1. The summed E-state index contributed by atoms with van der Waals surface area (Å²) in [4.78, 5) is 27.0. The fourth-order valence-electron chi connectivity index (χ4n) is 4.69. The van der Waals surface area contributed by atoms with Crippen molar-refractivity contribution < 1.29 is 23.0 Å². The van der Waals surface area contributed by atoms with Crippen LogP contribution in [0.15, 0.2) is 30.3 Å². The van der Waals surface area contributed by atoms with Gasteiger partial charge in [0.1, 0.15) is 11.9 Å². The van der Waals surface area contributed by atoms with Crippen LogP contribution >= 0.6 is 0 Å². The summed E-state index contributed by atoms with van der Waals surface area (Å²) in [6.07, 6.45) is 0.0439. The lowest BCUT2D eigenvalue weighted by Crippen LogP contribution is -2.42. The molecule has 1 aliphatic carbocycles. The molecule has 0 bridgehead atoms. The number of nitrogens with zero attached hydrogens (tertiary/aromatic N) is 5. The first kappa shape index (κ1) is 24.3. The zero-order chi connectivity index (χ0) is 25.1. The summed E-state index contributed by atoms with van der Waals surface area (Å²) in [5, 5.41) is 2.92. The second-order valence-electron chi connectivity index (χ2n) is 8.92. The van der Waals surface area contributed by atoms with E-state index in [1.165, 1.54) is 4.57 Å². The fraction of sp³-hybridized carbons (Fsp3) is 0.500. The van der Waals surface area contributed by atoms with Crippen LogP contribution < -0.4 is 20.7 Å². The zero-order valence-electron chi connectivity index (χ0n) is 19.8. The second kappa shape index (κ2) is 10.7. The molecular formula is C24H29F2N7O3. The van der Waals surface area contributed by atoms with Crippen molar-refractivity contribution >= 4 is 22.9 Å². The molecule has 2 fully saturated rings. The van der Waals surface area contributed by atoms with Gasteiger partial charge in [-0.3, -0.25) is 9.36 Å². The molecule has 36 heavy (non-hydrogen) atoms. The lowest BCUT2D eigenvalue weighted by molar-refractivity contribution is -0.120. The number of fused-ring (bicyclic) bond motifs is 1. The third-order valence-electron chi connectivity index (χ3n) is 6.49. The highest BCUT2D eigenvalue weighted by Crippen LogP contribution is 2.31. The van der Waals surface area contributed by atoms with E-state index in [4.69, 9.17) is 15.2 Å². The van der Waals surface area contributed by atoms with Crippen molar-refractivity contribution in [1.29, 1.82) is 0 Å². The van der Waals surface area contributed by atoms with Crippen molar-refractivity contribution in [3.63, 3.8) is 0 Å². The lowest BCUT2D eigenvalue weighted by Gasteiger charge is -2.30. The number of aromatic nitrogens is 4. The molecule has 3 aromatic rings. The Kier molecular flexibility index (Phi) is 7.23. The van der Waals surface area contributed by atoms with Crippen molar-refractivity contribution in [2.75, 3.05) is 37.7 Å². The number of nitrogens with two attached hydrogens (primary N) is 1. The number of para-hydroxylation sites is 2. The van der Waals surface area contributed by atoms with Gasteiger partial charge in [-0.2, -0.15) is 9.97 Å². The number of rotatable bonds is 7. The smallest absolute Gasteiger partial charge is 0.296 e. The van der Waals surface area contributed by atoms with E-state index in [-0.39, 0.29) is 36.2 Å². The molecule has 1 amide bonds. The number of carbonyl (C=O) groups is 1. The number of carbonyl (C=O) groups excluding carboxylic acids is 1. The number of halogens is 2. The van der Waals surface area contributed by atoms with Crippen LogP contribution in [0.1, 0.15) is 37.9 Å². The topological polar surface area (TPSA) is 120 Å². The van der Waals surface area contributed by atoms with Crippen LogP contribution in [-0.4, -0.2) is 70.4 Å². The van der Waals surface area contributed by atoms with E-state index in [0.717, 1.165) is 25.7 Å². The van der Waals surface area contributed by atoms with Gasteiger partial charge in [0.2, 0.25) is 17.7 Å². The van der Waals surface area contributed by atoms with Gasteiger partial charge >= 0.3 is 0 Å². The van der Waals surface area contributed by atoms with Crippen LogP contribution in [0.2, 0.25) is 0 Å². The maximum Gasteiger partial charge on any atom is 0.296 e. The van der Waals surface area contributed by atoms with Gasteiger partial charge in [0.15, 0.2) is 5.82 Å². The number of benzene rings is 1. The molecule has 0 unspecified atom stereocenters. The summed E-state index contributed by atoms with van der Waals surface area (Å²) < 4.78 is 41.1. The lowest BCUT2D eigenvalue weighted by atomic mass is 9.93. The number of hydrogen-bond acceptors (Lipinski definition) is 8. The van der Waals surface area contributed by atoms with Crippen molar-refractivity contribution in [2.45, 2.75) is 44.3 Å². The normalized spacial score (nSPS) is 20.6. The van der Waals surface area contributed by atoms with Gasteiger partial charge in [0, 0.05) is 25.2 Å². The molecule has 3 heterocycles. The van der Waals surface area contributed by atoms with Gasteiger partial charge < -0.3 is 25.4 Å². The maximum absolute atomic E-state index is 14.0. The third kappa shape index (κ3) is 5.24. The van der Waals surface area contributed by atoms with E-state index in [0.29, 0.717) is 49.2 Å². The van der Waals surface area contributed by atoms with Gasteiger partial charge in [0.25, 0.3) is 6.43 Å². The van der Waals surface area contributed by atoms with Crippen LogP contribution in [0, 0.1) is 0 Å². The molecule has 10 nitrogen and oxygen atoms in total. The molecule has 1 aliphatic heterocycles. The first-order chi connectivity index (χ1) is 17.5. The van der Waals surface area contributed by atoms with E-state index in [2.05, 4.69) is 20.3 Å². The molecule has 192 valence electrons. The molecule has 2 aromatic heterocycles. The minimum atomic E-state index is -2.79. The Hall–Kier alpha value is -3.38. The molecule has 1 aromatic carbocycles. The van der Waals surface area contributed by atoms with Crippen molar-refractivity contribution in [1.82, 2.24) is 24.8 Å². The Morgan fingerprint density at radius 1 is 1.14 bits per heavy atom. The van der Waals surface area contributed by atoms with Gasteiger partial charge in [-0.1, -0.05) is 12.1 Å². The first-order valence-electron chi connectivity index (χ1n) is 12.2. The van der Waals surface area contributed by atoms with Crippen molar-refractivity contribution in [3.05, 3.63) is 36.2 Å². The van der Waals surface area contributed by atoms with Crippen LogP contribution in [-0.2, 0) is 9.53 Å². The molecule has 1 saturated carbocycles. The van der Waals surface area contributed by atoms with Gasteiger partial charge in [0.05, 0.1) is 30.8 Å². The summed E-state index contributed by atoms with van der Waals surface area (Å²) in [6, 6.07) is 8.63. The molecule has 5 rings (SSSR count). The van der Waals surface area contributed by atoms with Gasteiger partial charge in [-0.25, -0.2) is 13.8 Å². The Bertz CT molecular complexity index is 1210. The number of ether oxygens (including phenoxy) is 2.